The van der Waals surface area contributed by atoms with E-state index in [0.717, 1.165) is 44.0 Å². The fourth-order valence-corrected chi connectivity index (χ4v) is 2.14. The van der Waals surface area contributed by atoms with Gasteiger partial charge < -0.3 is 10.6 Å². The van der Waals surface area contributed by atoms with E-state index in [1.807, 2.05) is 0 Å². The maximum absolute atomic E-state index is 5.68. The number of aryl methyl sites for hydroxylation is 1. The van der Waals surface area contributed by atoms with Gasteiger partial charge in [-0.1, -0.05) is 13.3 Å². The zero-order chi connectivity index (χ0) is 11.4. The molecule has 1 saturated heterocycles. The van der Waals surface area contributed by atoms with Crippen molar-refractivity contribution in [3.05, 3.63) is 17.8 Å². The molecule has 2 rings (SSSR count). The first-order chi connectivity index (χ1) is 7.83. The first kappa shape index (κ1) is 11.3. The molecule has 1 unspecified atom stereocenters. The Bertz CT molecular complexity index is 322. The van der Waals surface area contributed by atoms with Gasteiger partial charge in [0.1, 0.15) is 0 Å². The van der Waals surface area contributed by atoms with Gasteiger partial charge in [-0.3, -0.25) is 0 Å². The number of rotatable bonds is 4. The van der Waals surface area contributed by atoms with Crippen molar-refractivity contribution in [2.75, 3.05) is 24.5 Å². The molecule has 1 aromatic rings. The highest BCUT2D eigenvalue weighted by molar-refractivity contribution is 5.38. The van der Waals surface area contributed by atoms with E-state index in [0.29, 0.717) is 5.92 Å². The lowest BCUT2D eigenvalue weighted by Gasteiger charge is -2.16. The summed E-state index contributed by atoms with van der Waals surface area (Å²) in [7, 11) is 0. The van der Waals surface area contributed by atoms with Crippen molar-refractivity contribution >= 4 is 5.82 Å². The average molecular weight is 220 g/mol. The van der Waals surface area contributed by atoms with Crippen LogP contribution < -0.4 is 10.6 Å². The largest absolute Gasteiger partial charge is 0.355 e. The molecule has 1 aliphatic heterocycles. The summed E-state index contributed by atoms with van der Waals surface area (Å²) in [5.74, 6) is 1.62. The molecule has 16 heavy (non-hydrogen) atoms. The number of hydrogen-bond donors (Lipinski definition) is 1. The SMILES string of the molecule is CCCc1ccc(N2CCC(CN)C2)nn1. The van der Waals surface area contributed by atoms with E-state index in [9.17, 15) is 0 Å². The highest BCUT2D eigenvalue weighted by Crippen LogP contribution is 2.20. The molecule has 1 aliphatic rings. The molecule has 0 radical (unpaired) electrons. The third kappa shape index (κ3) is 2.50. The van der Waals surface area contributed by atoms with Crippen LogP contribution in [-0.4, -0.2) is 29.8 Å². The number of hydrogen-bond acceptors (Lipinski definition) is 4. The van der Waals surface area contributed by atoms with Crippen molar-refractivity contribution in [3.63, 3.8) is 0 Å². The lowest BCUT2D eigenvalue weighted by molar-refractivity contribution is 0.602. The number of nitrogens with two attached hydrogens (primary N) is 1. The van der Waals surface area contributed by atoms with Crippen molar-refractivity contribution in [3.8, 4) is 0 Å². The van der Waals surface area contributed by atoms with Gasteiger partial charge in [-0.2, -0.15) is 5.10 Å². The van der Waals surface area contributed by atoms with Crippen LogP contribution in [0, 0.1) is 5.92 Å². The molecule has 88 valence electrons. The van der Waals surface area contributed by atoms with Gasteiger partial charge in [0.05, 0.1) is 5.69 Å². The molecule has 0 spiro atoms. The van der Waals surface area contributed by atoms with Crippen LogP contribution in [0.2, 0.25) is 0 Å². The van der Waals surface area contributed by atoms with E-state index in [1.54, 1.807) is 0 Å². The molecular formula is C12H20N4. The minimum absolute atomic E-state index is 0.622. The molecule has 2 N–H and O–H groups in total. The Morgan fingerprint density at radius 3 is 2.88 bits per heavy atom. The van der Waals surface area contributed by atoms with Crippen molar-refractivity contribution in [2.24, 2.45) is 11.7 Å². The molecule has 0 bridgehead atoms. The van der Waals surface area contributed by atoms with Crippen LogP contribution in [0.4, 0.5) is 5.82 Å². The highest BCUT2D eigenvalue weighted by atomic mass is 15.3. The molecule has 0 aliphatic carbocycles. The Morgan fingerprint density at radius 1 is 1.44 bits per heavy atom. The second-order valence-electron chi connectivity index (χ2n) is 4.47. The van der Waals surface area contributed by atoms with E-state index < -0.39 is 0 Å². The summed E-state index contributed by atoms with van der Waals surface area (Å²) in [6, 6.07) is 4.17. The van der Waals surface area contributed by atoms with E-state index in [1.165, 1.54) is 6.42 Å². The maximum atomic E-state index is 5.68. The molecule has 1 aromatic heterocycles. The quantitative estimate of drug-likeness (QED) is 0.828. The van der Waals surface area contributed by atoms with Crippen LogP contribution in [0.25, 0.3) is 0 Å². The standard InChI is InChI=1S/C12H20N4/c1-2-3-11-4-5-12(15-14-11)16-7-6-10(8-13)9-16/h4-5,10H,2-3,6-9,13H2,1H3. The van der Waals surface area contributed by atoms with Crippen LogP contribution in [0.5, 0.6) is 0 Å². The van der Waals surface area contributed by atoms with Crippen molar-refractivity contribution in [1.29, 1.82) is 0 Å². The van der Waals surface area contributed by atoms with Gasteiger partial charge in [-0.05, 0) is 37.4 Å². The third-order valence-corrected chi connectivity index (χ3v) is 3.16. The van der Waals surface area contributed by atoms with Crippen LogP contribution in [0.15, 0.2) is 12.1 Å². The van der Waals surface area contributed by atoms with Crippen LogP contribution in [0.1, 0.15) is 25.5 Å². The minimum Gasteiger partial charge on any atom is -0.355 e. The summed E-state index contributed by atoms with van der Waals surface area (Å²) in [6.45, 7) is 5.02. The Kier molecular flexibility index (Phi) is 3.72. The fourth-order valence-electron chi connectivity index (χ4n) is 2.14. The van der Waals surface area contributed by atoms with Gasteiger partial charge in [-0.25, -0.2) is 0 Å². The number of anilines is 1. The van der Waals surface area contributed by atoms with Crippen molar-refractivity contribution < 1.29 is 0 Å². The van der Waals surface area contributed by atoms with Gasteiger partial charge >= 0.3 is 0 Å². The van der Waals surface area contributed by atoms with E-state index >= 15 is 0 Å². The monoisotopic (exact) mass is 220 g/mol. The summed E-state index contributed by atoms with van der Waals surface area (Å²) >= 11 is 0. The van der Waals surface area contributed by atoms with Crippen molar-refractivity contribution in [1.82, 2.24) is 10.2 Å². The summed E-state index contributed by atoms with van der Waals surface area (Å²) in [5.41, 5.74) is 6.76. The molecule has 0 aromatic carbocycles. The van der Waals surface area contributed by atoms with Crippen molar-refractivity contribution in [2.45, 2.75) is 26.2 Å². The summed E-state index contributed by atoms with van der Waals surface area (Å²) in [4.78, 5) is 2.28. The first-order valence-corrected chi connectivity index (χ1v) is 6.11. The molecule has 4 nitrogen and oxygen atoms in total. The van der Waals surface area contributed by atoms with E-state index in [2.05, 4.69) is 34.2 Å². The Labute approximate surface area is 96.9 Å². The molecule has 0 amide bonds. The molecule has 2 heterocycles. The highest BCUT2D eigenvalue weighted by Gasteiger charge is 2.22. The zero-order valence-electron chi connectivity index (χ0n) is 9.89. The van der Waals surface area contributed by atoms with Gasteiger partial charge in [0, 0.05) is 13.1 Å². The number of nitrogens with zero attached hydrogens (tertiary/aromatic N) is 3. The van der Waals surface area contributed by atoms with Crippen LogP contribution in [-0.2, 0) is 6.42 Å². The van der Waals surface area contributed by atoms with E-state index in [-0.39, 0.29) is 0 Å². The topological polar surface area (TPSA) is 55.0 Å². The third-order valence-electron chi connectivity index (χ3n) is 3.16. The maximum Gasteiger partial charge on any atom is 0.151 e. The molecular weight excluding hydrogens is 200 g/mol. The van der Waals surface area contributed by atoms with Gasteiger partial charge in [0.15, 0.2) is 5.82 Å². The Morgan fingerprint density at radius 2 is 2.31 bits per heavy atom. The Balaban J connectivity index is 1.99. The lowest BCUT2D eigenvalue weighted by Crippen LogP contribution is -2.23. The predicted molar refractivity (Wildman–Crippen MR) is 65.4 cm³/mol. The number of aromatic nitrogens is 2. The van der Waals surface area contributed by atoms with Gasteiger partial charge in [-0.15, -0.1) is 5.10 Å². The molecule has 4 heteroatoms. The molecule has 1 fully saturated rings. The summed E-state index contributed by atoms with van der Waals surface area (Å²) < 4.78 is 0. The fraction of sp³-hybridized carbons (Fsp3) is 0.667. The second kappa shape index (κ2) is 5.25. The first-order valence-electron chi connectivity index (χ1n) is 6.11. The smallest absolute Gasteiger partial charge is 0.151 e. The summed E-state index contributed by atoms with van der Waals surface area (Å²) in [6.07, 6.45) is 3.31. The molecule has 0 saturated carbocycles. The predicted octanol–water partition coefficient (Wildman–Crippen LogP) is 1.21. The lowest BCUT2D eigenvalue weighted by atomic mass is 10.1. The Hall–Kier alpha value is -1.16. The minimum atomic E-state index is 0.622. The summed E-state index contributed by atoms with van der Waals surface area (Å²) in [5, 5.41) is 8.52. The normalized spacial score (nSPS) is 20.4. The van der Waals surface area contributed by atoms with Gasteiger partial charge in [0.25, 0.3) is 0 Å². The van der Waals surface area contributed by atoms with Crippen LogP contribution >= 0.6 is 0 Å². The van der Waals surface area contributed by atoms with E-state index in [4.69, 9.17) is 5.73 Å². The average Bonchev–Trinajstić information content (AvgIpc) is 2.79. The second-order valence-corrected chi connectivity index (χ2v) is 4.47. The van der Waals surface area contributed by atoms with Gasteiger partial charge in [0.2, 0.25) is 0 Å². The van der Waals surface area contributed by atoms with Crippen LogP contribution in [0.3, 0.4) is 0 Å². The molecule has 1 atom stereocenters. The zero-order valence-corrected chi connectivity index (χ0v) is 9.89.